The number of sulfone groups is 2. The quantitative estimate of drug-likeness (QED) is 0.281. The highest BCUT2D eigenvalue weighted by Crippen LogP contribution is 2.37. The minimum Gasteiger partial charge on any atom is -0.386 e. The molecule has 0 radical (unpaired) electrons. The van der Waals surface area contributed by atoms with Crippen LogP contribution in [0.4, 0.5) is 0 Å². The molecule has 4 aromatic rings. The highest BCUT2D eigenvalue weighted by atomic mass is 32.2. The van der Waals surface area contributed by atoms with Crippen LogP contribution in [-0.4, -0.2) is 45.0 Å². The first-order valence-corrected chi connectivity index (χ1v) is 16.2. The fourth-order valence-electron chi connectivity index (χ4n) is 4.43. The van der Waals surface area contributed by atoms with Crippen LogP contribution >= 0.6 is 0 Å². The fourth-order valence-corrected chi connectivity index (χ4v) is 5.61. The average molecular weight is 564 g/mol. The summed E-state index contributed by atoms with van der Waals surface area (Å²) in [7, 11) is -6.74. The maximum absolute atomic E-state index is 12.6. The van der Waals surface area contributed by atoms with Gasteiger partial charge in [-0.15, -0.1) is 0 Å². The van der Waals surface area contributed by atoms with Crippen LogP contribution in [0.2, 0.25) is 0 Å². The van der Waals surface area contributed by atoms with Gasteiger partial charge in [-0.25, -0.2) is 16.8 Å². The van der Waals surface area contributed by atoms with Gasteiger partial charge in [0.15, 0.2) is 19.7 Å². The van der Waals surface area contributed by atoms with Crippen molar-refractivity contribution in [3.05, 3.63) is 95.7 Å². The second-order valence-electron chi connectivity index (χ2n) is 10.9. The van der Waals surface area contributed by atoms with Crippen molar-refractivity contribution in [2.75, 3.05) is 12.5 Å². The van der Waals surface area contributed by atoms with E-state index in [-0.39, 0.29) is 4.90 Å². The number of rotatable bonds is 7. The Morgan fingerprint density at radius 2 is 1.51 bits per heavy atom. The van der Waals surface area contributed by atoms with E-state index in [1.807, 2.05) is 54.6 Å². The molecule has 0 atom stereocenters. The summed E-state index contributed by atoms with van der Waals surface area (Å²) in [5.41, 5.74) is 4.00. The number of pyridine rings is 1. The molecule has 1 heterocycles. The minimum absolute atomic E-state index is 0.208. The van der Waals surface area contributed by atoms with Crippen LogP contribution in [0.3, 0.4) is 0 Å². The molecule has 0 saturated heterocycles. The molecule has 0 aliphatic carbocycles. The zero-order chi connectivity index (χ0) is 28.8. The Morgan fingerprint density at radius 1 is 0.846 bits per heavy atom. The van der Waals surface area contributed by atoms with Gasteiger partial charge in [0.05, 0.1) is 20.8 Å². The van der Waals surface area contributed by atoms with Crippen LogP contribution in [0.25, 0.3) is 33.7 Å². The summed E-state index contributed by atoms with van der Waals surface area (Å²) in [5, 5.41) is 11.8. The molecule has 6 nitrogen and oxygen atoms in total. The van der Waals surface area contributed by atoms with Crippen molar-refractivity contribution in [3.8, 4) is 11.1 Å². The molecule has 204 valence electrons. The molecule has 0 aliphatic rings. The highest BCUT2D eigenvalue weighted by Gasteiger charge is 2.33. The molecular weight excluding hydrogens is 530 g/mol. The molecule has 8 heteroatoms. The Morgan fingerprint density at radius 3 is 2.10 bits per heavy atom. The smallest absolute Gasteiger partial charge is 0.175 e. The Kier molecular flexibility index (Phi) is 7.36. The molecule has 1 aromatic heterocycles. The number of aliphatic hydroxyl groups is 1. The van der Waals surface area contributed by atoms with E-state index < -0.39 is 30.0 Å². The summed E-state index contributed by atoms with van der Waals surface area (Å²) >= 11 is 0. The summed E-state index contributed by atoms with van der Waals surface area (Å²) in [6.45, 7) is 6.77. The topological polar surface area (TPSA) is 101 Å². The van der Waals surface area contributed by atoms with E-state index in [0.717, 1.165) is 33.8 Å². The van der Waals surface area contributed by atoms with E-state index in [9.17, 15) is 21.9 Å². The lowest BCUT2D eigenvalue weighted by Gasteiger charge is -2.25. The number of hydrogen-bond donors (Lipinski definition) is 1. The molecular formula is C31H33NO5S2. The van der Waals surface area contributed by atoms with E-state index in [0.29, 0.717) is 16.7 Å². The van der Waals surface area contributed by atoms with Gasteiger partial charge in [0.2, 0.25) is 0 Å². The lowest BCUT2D eigenvalue weighted by Crippen LogP contribution is -2.28. The molecule has 1 N–H and O–H groups in total. The SMILES string of the molecule is CC(C)(O)/C(=C/c1cccc(-c2cc(C(C)(C)S(C)(=O)=O)cc3cccnc23)c1)c1ccc(S(C)(=O)=O)cc1. The molecule has 0 bridgehead atoms. The normalized spacial score (nSPS) is 13.6. The van der Waals surface area contributed by atoms with Crippen LogP contribution in [0, 0.1) is 0 Å². The third-order valence-corrected chi connectivity index (χ3v) is 10.3. The fraction of sp³-hybridized carbons (Fsp3) is 0.258. The highest BCUT2D eigenvalue weighted by molar-refractivity contribution is 7.91. The zero-order valence-electron chi connectivity index (χ0n) is 22.9. The summed E-state index contributed by atoms with van der Waals surface area (Å²) < 4.78 is 48.0. The van der Waals surface area contributed by atoms with E-state index in [1.165, 1.54) is 18.4 Å². The predicted molar refractivity (Wildman–Crippen MR) is 159 cm³/mol. The monoisotopic (exact) mass is 563 g/mol. The lowest BCUT2D eigenvalue weighted by molar-refractivity contribution is 0.144. The van der Waals surface area contributed by atoms with Crippen LogP contribution in [0.5, 0.6) is 0 Å². The summed E-state index contributed by atoms with van der Waals surface area (Å²) in [6.07, 6.45) is 5.99. The van der Waals surface area contributed by atoms with Gasteiger partial charge in [0.25, 0.3) is 0 Å². The van der Waals surface area contributed by atoms with Crippen LogP contribution in [-0.2, 0) is 24.4 Å². The first-order valence-electron chi connectivity index (χ1n) is 12.4. The van der Waals surface area contributed by atoms with Crippen molar-refractivity contribution >= 4 is 42.2 Å². The maximum atomic E-state index is 12.6. The summed E-state index contributed by atoms with van der Waals surface area (Å²) in [4.78, 5) is 4.80. The van der Waals surface area contributed by atoms with Crippen molar-refractivity contribution in [2.24, 2.45) is 0 Å². The van der Waals surface area contributed by atoms with Crippen molar-refractivity contribution in [2.45, 2.75) is 42.9 Å². The number of benzene rings is 3. The molecule has 39 heavy (non-hydrogen) atoms. The van der Waals surface area contributed by atoms with E-state index in [4.69, 9.17) is 0 Å². The second kappa shape index (κ2) is 10.0. The van der Waals surface area contributed by atoms with Gasteiger partial charge in [0, 0.05) is 29.7 Å². The average Bonchev–Trinajstić information content (AvgIpc) is 2.85. The van der Waals surface area contributed by atoms with Crippen molar-refractivity contribution in [1.82, 2.24) is 4.98 Å². The largest absolute Gasteiger partial charge is 0.386 e. The minimum atomic E-state index is -3.40. The van der Waals surface area contributed by atoms with Gasteiger partial charge in [-0.3, -0.25) is 4.98 Å². The Balaban J connectivity index is 1.89. The first-order chi connectivity index (χ1) is 18.0. The first kappa shape index (κ1) is 28.7. The van der Waals surface area contributed by atoms with E-state index in [1.54, 1.807) is 46.0 Å². The molecule has 0 fully saturated rings. The number of aromatic nitrogens is 1. The molecule has 0 spiro atoms. The van der Waals surface area contributed by atoms with Gasteiger partial charge in [-0.1, -0.05) is 36.4 Å². The molecule has 4 rings (SSSR count). The predicted octanol–water partition coefficient (Wildman–Crippen LogP) is 5.90. The Bertz CT molecular complexity index is 1800. The van der Waals surface area contributed by atoms with Crippen molar-refractivity contribution in [1.29, 1.82) is 0 Å². The van der Waals surface area contributed by atoms with Gasteiger partial charge in [-0.05, 0) is 98.0 Å². The molecule has 0 aliphatic heterocycles. The third-order valence-electron chi connectivity index (χ3n) is 7.09. The third kappa shape index (κ3) is 5.98. The van der Waals surface area contributed by atoms with Crippen LogP contribution < -0.4 is 0 Å². The van der Waals surface area contributed by atoms with Crippen LogP contribution in [0.1, 0.15) is 44.4 Å². The molecule has 0 amide bonds. The number of hydrogen-bond acceptors (Lipinski definition) is 6. The number of nitrogens with zero attached hydrogens (tertiary/aromatic N) is 1. The van der Waals surface area contributed by atoms with Gasteiger partial charge >= 0.3 is 0 Å². The molecule has 3 aromatic carbocycles. The standard InChI is InChI=1S/C31H33NO5S2/c1-30(2,33)28(22-12-14-26(15-13-22)38(5,34)35)18-21-9-7-10-23(17-21)27-20-25(31(3,4)39(6,36)37)19-24-11-8-16-32-29(24)27/h7-20,33H,1-6H3/b28-18+. The molecule has 0 saturated carbocycles. The Labute approximate surface area is 230 Å². The maximum Gasteiger partial charge on any atom is 0.175 e. The van der Waals surface area contributed by atoms with E-state index in [2.05, 4.69) is 4.98 Å². The Hall–Kier alpha value is -3.33. The van der Waals surface area contributed by atoms with Gasteiger partial charge in [0.1, 0.15) is 0 Å². The second-order valence-corrected chi connectivity index (χ2v) is 15.5. The zero-order valence-corrected chi connectivity index (χ0v) is 24.6. The van der Waals surface area contributed by atoms with E-state index >= 15 is 0 Å². The van der Waals surface area contributed by atoms with Gasteiger partial charge in [-0.2, -0.15) is 0 Å². The summed E-state index contributed by atoms with van der Waals surface area (Å²) in [5.74, 6) is 0. The lowest BCUT2D eigenvalue weighted by atomic mass is 9.88. The van der Waals surface area contributed by atoms with Crippen molar-refractivity contribution < 1.29 is 21.9 Å². The number of fused-ring (bicyclic) bond motifs is 1. The van der Waals surface area contributed by atoms with Gasteiger partial charge < -0.3 is 5.11 Å². The molecule has 0 unspecified atom stereocenters. The summed E-state index contributed by atoms with van der Waals surface area (Å²) in [6, 6.07) is 21.7. The van der Waals surface area contributed by atoms with Crippen molar-refractivity contribution in [3.63, 3.8) is 0 Å². The van der Waals surface area contributed by atoms with Crippen LogP contribution in [0.15, 0.2) is 83.9 Å².